The molecule has 25 heavy (non-hydrogen) atoms. The van der Waals surface area contributed by atoms with Crippen LogP contribution in [0.4, 0.5) is 0 Å². The Balaban J connectivity index is 2.11. The molecule has 1 unspecified atom stereocenters. The van der Waals surface area contributed by atoms with Crippen LogP contribution in [0.15, 0.2) is 70.9 Å². The molecule has 0 bridgehead atoms. The zero-order chi connectivity index (χ0) is 17.8. The molecule has 1 aliphatic heterocycles. The van der Waals surface area contributed by atoms with Crippen molar-refractivity contribution in [1.29, 1.82) is 5.26 Å². The van der Waals surface area contributed by atoms with Crippen molar-refractivity contribution in [3.63, 3.8) is 0 Å². The number of aliphatic imine (C=N–C) groups is 1. The zero-order valence-corrected chi connectivity index (χ0v) is 14.2. The van der Waals surface area contributed by atoms with Gasteiger partial charge in [0.25, 0.3) is 0 Å². The van der Waals surface area contributed by atoms with Crippen molar-refractivity contribution in [2.75, 3.05) is 0 Å². The van der Waals surface area contributed by atoms with Crippen molar-refractivity contribution in [2.45, 2.75) is 13.0 Å². The van der Waals surface area contributed by atoms with E-state index in [0.29, 0.717) is 27.4 Å². The Morgan fingerprint density at radius 2 is 1.88 bits per heavy atom. The molecular weight excluding hydrogens is 336 g/mol. The van der Waals surface area contributed by atoms with Gasteiger partial charge >= 0.3 is 0 Å². The number of allylic oxidation sites excluding steroid dienone is 1. The highest BCUT2D eigenvalue weighted by atomic mass is 35.5. The second-order valence-electron chi connectivity index (χ2n) is 5.50. The van der Waals surface area contributed by atoms with Crippen LogP contribution >= 0.6 is 11.6 Å². The summed E-state index contributed by atoms with van der Waals surface area (Å²) in [5, 5.41) is 14.9. The van der Waals surface area contributed by atoms with Gasteiger partial charge in [-0.2, -0.15) is 5.26 Å². The van der Waals surface area contributed by atoms with Gasteiger partial charge in [-0.05, 0) is 18.6 Å². The quantitative estimate of drug-likeness (QED) is 0.504. The first-order chi connectivity index (χ1) is 12.1. The number of hydrogen-bond acceptors (Lipinski definition) is 5. The Morgan fingerprint density at radius 3 is 2.56 bits per heavy atom. The van der Waals surface area contributed by atoms with Crippen molar-refractivity contribution in [2.24, 2.45) is 4.99 Å². The van der Waals surface area contributed by atoms with E-state index in [1.165, 1.54) is 0 Å². The summed E-state index contributed by atoms with van der Waals surface area (Å²) < 4.78 is 0. The van der Waals surface area contributed by atoms with Gasteiger partial charge in [0.1, 0.15) is 6.04 Å². The molecule has 0 saturated heterocycles. The highest BCUT2D eigenvalue weighted by molar-refractivity contribution is 6.31. The predicted octanol–water partition coefficient (Wildman–Crippen LogP) is 3.57. The van der Waals surface area contributed by atoms with E-state index in [4.69, 9.17) is 16.9 Å². The Hall–Kier alpha value is -3.10. The average Bonchev–Trinajstić information content (AvgIpc) is 2.62. The van der Waals surface area contributed by atoms with E-state index < -0.39 is 6.04 Å². The van der Waals surface area contributed by atoms with Crippen LogP contribution in [0.25, 0.3) is 0 Å². The normalized spacial score (nSPS) is 16.5. The smallest absolute Gasteiger partial charge is 0.209 e. The van der Waals surface area contributed by atoms with Crippen LogP contribution in [-0.4, -0.2) is 11.7 Å². The van der Waals surface area contributed by atoms with Crippen LogP contribution in [0.1, 0.15) is 28.9 Å². The third-order valence-corrected chi connectivity index (χ3v) is 4.24. The number of Topliss-reactive ketones (excluding diaryl/α,β-unsaturated/α-hetero) is 1. The maximum Gasteiger partial charge on any atom is 0.209 e. The number of nitrogens with one attached hydrogen (secondary N) is 2. The summed E-state index contributed by atoms with van der Waals surface area (Å²) in [4.78, 5) is 17.6. The van der Waals surface area contributed by atoms with E-state index in [9.17, 15) is 4.79 Å². The molecule has 0 radical (unpaired) electrons. The maximum atomic E-state index is 13.1. The molecule has 5 nitrogen and oxygen atoms in total. The number of nitriles is 1. The number of benzene rings is 2. The number of hydrogen-bond donors (Lipinski definition) is 2. The molecule has 1 atom stereocenters. The fourth-order valence-corrected chi connectivity index (χ4v) is 2.99. The fourth-order valence-electron chi connectivity index (χ4n) is 2.75. The summed E-state index contributed by atoms with van der Waals surface area (Å²) in [6.45, 7) is 1.79. The molecule has 0 amide bonds. The molecule has 0 fully saturated rings. The molecule has 0 saturated carbocycles. The maximum absolute atomic E-state index is 13.1. The number of carbonyl (C=O) groups excluding carboxylic acids is 1. The van der Waals surface area contributed by atoms with E-state index in [1.807, 2.05) is 42.6 Å². The van der Waals surface area contributed by atoms with Gasteiger partial charge in [0.15, 0.2) is 12.0 Å². The molecular formula is C19H15ClN4O. The number of ketones is 1. The number of carbonyl (C=O) groups is 1. The summed E-state index contributed by atoms with van der Waals surface area (Å²) in [6.07, 6.45) is 1.84. The van der Waals surface area contributed by atoms with Crippen LogP contribution in [0.3, 0.4) is 0 Å². The van der Waals surface area contributed by atoms with Gasteiger partial charge in [-0.15, -0.1) is 0 Å². The van der Waals surface area contributed by atoms with Gasteiger partial charge in [0.2, 0.25) is 5.96 Å². The average molecular weight is 351 g/mol. The second-order valence-corrected chi connectivity index (χ2v) is 5.90. The highest BCUT2D eigenvalue weighted by Crippen LogP contribution is 2.36. The van der Waals surface area contributed by atoms with E-state index in [-0.39, 0.29) is 11.7 Å². The Bertz CT molecular complexity index is 913. The first-order valence-corrected chi connectivity index (χ1v) is 8.04. The molecule has 0 aromatic heterocycles. The number of guanidine groups is 1. The first kappa shape index (κ1) is 16.7. The molecule has 0 aliphatic carbocycles. The van der Waals surface area contributed by atoms with Crippen molar-refractivity contribution in [3.05, 3.63) is 82.0 Å². The third kappa shape index (κ3) is 3.39. The minimum atomic E-state index is -0.599. The van der Waals surface area contributed by atoms with Crippen molar-refractivity contribution in [3.8, 4) is 6.19 Å². The van der Waals surface area contributed by atoms with Crippen molar-refractivity contribution >= 4 is 23.3 Å². The molecule has 2 aromatic rings. The van der Waals surface area contributed by atoms with Crippen LogP contribution in [0, 0.1) is 11.5 Å². The van der Waals surface area contributed by atoms with E-state index in [1.54, 1.807) is 25.1 Å². The minimum Gasteiger partial charge on any atom is -0.329 e. The summed E-state index contributed by atoms with van der Waals surface area (Å²) in [5.74, 6) is 0.157. The first-order valence-electron chi connectivity index (χ1n) is 7.66. The monoisotopic (exact) mass is 350 g/mol. The highest BCUT2D eigenvalue weighted by Gasteiger charge is 2.30. The second kappa shape index (κ2) is 7.20. The zero-order valence-electron chi connectivity index (χ0n) is 13.5. The van der Waals surface area contributed by atoms with E-state index >= 15 is 0 Å². The molecule has 1 heterocycles. The van der Waals surface area contributed by atoms with Crippen LogP contribution in [0.2, 0.25) is 5.02 Å². The Kier molecular flexibility index (Phi) is 4.82. The largest absolute Gasteiger partial charge is 0.329 e. The summed E-state index contributed by atoms with van der Waals surface area (Å²) >= 11 is 6.34. The number of halogens is 1. The predicted molar refractivity (Wildman–Crippen MR) is 97.0 cm³/mol. The standard InChI is InChI=1S/C19H15ClN4O/c1-12-16(18(25)13-7-3-2-4-8-13)17(24-19(23-12)22-11-21)14-9-5-6-10-15(14)20/h2-10,17H,1H3,(H2,22,23,24). The minimum absolute atomic E-state index is 0.129. The lowest BCUT2D eigenvalue weighted by Gasteiger charge is -2.26. The van der Waals surface area contributed by atoms with Gasteiger partial charge < -0.3 is 5.32 Å². The summed E-state index contributed by atoms with van der Waals surface area (Å²) in [6, 6.07) is 15.7. The number of rotatable bonds is 3. The SMILES string of the molecule is CC1=C(C(=O)c2ccccc2)C(c2ccccc2Cl)N=C(NC#N)N1. The lowest BCUT2D eigenvalue weighted by molar-refractivity contribution is 0.102. The van der Waals surface area contributed by atoms with Crippen molar-refractivity contribution < 1.29 is 4.79 Å². The van der Waals surface area contributed by atoms with Crippen LogP contribution in [-0.2, 0) is 0 Å². The topological polar surface area (TPSA) is 77.3 Å². The Morgan fingerprint density at radius 1 is 1.20 bits per heavy atom. The lowest BCUT2D eigenvalue weighted by Crippen LogP contribution is -2.39. The van der Waals surface area contributed by atoms with Crippen LogP contribution in [0.5, 0.6) is 0 Å². The molecule has 2 N–H and O–H groups in total. The molecule has 124 valence electrons. The fraction of sp³-hybridized carbons (Fsp3) is 0.105. The molecule has 3 rings (SSSR count). The summed E-state index contributed by atoms with van der Waals surface area (Å²) in [7, 11) is 0. The van der Waals surface area contributed by atoms with Gasteiger partial charge in [0.05, 0.1) is 0 Å². The lowest BCUT2D eigenvalue weighted by atomic mass is 9.90. The van der Waals surface area contributed by atoms with E-state index in [0.717, 1.165) is 0 Å². The van der Waals surface area contributed by atoms with Gasteiger partial charge in [-0.25, -0.2) is 4.99 Å². The molecule has 6 heteroatoms. The number of nitrogens with zero attached hydrogens (tertiary/aromatic N) is 2. The molecule has 2 aromatic carbocycles. The Labute approximate surface area is 150 Å². The van der Waals surface area contributed by atoms with Crippen LogP contribution < -0.4 is 10.6 Å². The van der Waals surface area contributed by atoms with Gasteiger partial charge in [-0.3, -0.25) is 10.1 Å². The summed E-state index contributed by atoms with van der Waals surface area (Å²) in [5.41, 5.74) is 2.42. The van der Waals surface area contributed by atoms with Gasteiger partial charge in [0, 0.05) is 21.9 Å². The van der Waals surface area contributed by atoms with E-state index in [2.05, 4.69) is 15.6 Å². The third-order valence-electron chi connectivity index (χ3n) is 3.90. The van der Waals surface area contributed by atoms with Gasteiger partial charge in [-0.1, -0.05) is 60.1 Å². The molecule has 1 aliphatic rings. The molecule has 0 spiro atoms. The van der Waals surface area contributed by atoms with Crippen molar-refractivity contribution in [1.82, 2.24) is 10.6 Å².